The molecule has 0 radical (unpaired) electrons. The Morgan fingerprint density at radius 1 is 1.03 bits per heavy atom. The van der Waals surface area contributed by atoms with Gasteiger partial charge in [-0.15, -0.1) is 0 Å². The molecule has 3 heterocycles. The van der Waals surface area contributed by atoms with Crippen LogP contribution in [-0.2, 0) is 23.8 Å². The topological polar surface area (TPSA) is 79.9 Å². The third-order valence-electron chi connectivity index (χ3n) is 6.77. The molecule has 0 saturated heterocycles. The van der Waals surface area contributed by atoms with Crippen molar-refractivity contribution in [1.82, 2.24) is 15.0 Å². The largest absolute Gasteiger partial charge is 0.457 e. The molecule has 0 spiro atoms. The van der Waals surface area contributed by atoms with Crippen LogP contribution in [0.4, 0.5) is 19.0 Å². The first kappa shape index (κ1) is 21.6. The lowest BCUT2D eigenvalue weighted by Gasteiger charge is -2.19. The standard InChI is InChI=1S/C18H16N2O2.C8H5F3N2/c21-17-4-3-13-16(5-6-19-18(13)20-17)22-12-2-1-10-7-11-8-14(11)15(10)9-12;9-8(10,11)5-1-2-6-7(3-5)13-4-12-6/h1-2,5-6,9,11,14H,3-4,7-8H2,(H,19,20,21);1-4H,(H,12,13). The molecule has 9 heteroatoms. The van der Waals surface area contributed by atoms with Crippen LogP contribution in [0.2, 0.25) is 0 Å². The number of nitrogens with one attached hydrogen (secondary N) is 2. The van der Waals surface area contributed by atoms with Crippen LogP contribution in [0, 0.1) is 5.92 Å². The van der Waals surface area contributed by atoms with E-state index >= 15 is 0 Å². The number of H-pyrrole nitrogens is 1. The normalized spacial score (nSPS) is 19.7. The summed E-state index contributed by atoms with van der Waals surface area (Å²) < 4.78 is 42.7. The van der Waals surface area contributed by atoms with Crippen molar-refractivity contribution >= 4 is 22.8 Å². The lowest BCUT2D eigenvalue weighted by Crippen LogP contribution is -2.20. The van der Waals surface area contributed by atoms with Gasteiger partial charge >= 0.3 is 6.18 Å². The molecule has 35 heavy (non-hydrogen) atoms. The van der Waals surface area contributed by atoms with Crippen LogP contribution in [0.5, 0.6) is 11.5 Å². The first-order valence-corrected chi connectivity index (χ1v) is 11.4. The molecule has 4 aromatic rings. The van der Waals surface area contributed by atoms with E-state index in [9.17, 15) is 18.0 Å². The van der Waals surface area contributed by atoms with Crippen molar-refractivity contribution in [2.45, 2.75) is 37.8 Å². The SMILES string of the molecule is FC(F)(F)c1ccc2nc[nH]c2c1.O=C1CCc2c(Oc3ccc4c(c3)C3CC3C4)ccnc2N1. The predicted octanol–water partition coefficient (Wildman–Crippen LogP) is 6.00. The highest BCUT2D eigenvalue weighted by atomic mass is 19.4. The Kier molecular flexibility index (Phi) is 5.01. The van der Waals surface area contributed by atoms with Crippen LogP contribution in [0.25, 0.3) is 11.0 Å². The van der Waals surface area contributed by atoms with Crippen LogP contribution in [-0.4, -0.2) is 20.9 Å². The summed E-state index contributed by atoms with van der Waals surface area (Å²) in [4.78, 5) is 22.1. The molecule has 3 aliphatic rings. The van der Waals surface area contributed by atoms with Gasteiger partial charge in [0, 0.05) is 18.2 Å². The van der Waals surface area contributed by atoms with E-state index in [4.69, 9.17) is 4.74 Å². The summed E-state index contributed by atoms with van der Waals surface area (Å²) in [5, 5.41) is 2.81. The zero-order chi connectivity index (χ0) is 24.2. The number of aromatic amines is 1. The summed E-state index contributed by atoms with van der Waals surface area (Å²) in [5.74, 6) is 4.00. The molecule has 2 N–H and O–H groups in total. The van der Waals surface area contributed by atoms with E-state index in [1.165, 1.54) is 36.4 Å². The Labute approximate surface area is 198 Å². The first-order valence-electron chi connectivity index (χ1n) is 11.4. The number of ether oxygens (including phenoxy) is 1. The van der Waals surface area contributed by atoms with Crippen molar-refractivity contribution in [3.63, 3.8) is 0 Å². The molecule has 1 aliphatic heterocycles. The van der Waals surface area contributed by atoms with Gasteiger partial charge in [-0.25, -0.2) is 9.97 Å². The number of carbonyl (C=O) groups excluding carboxylic acids is 1. The number of carbonyl (C=O) groups is 1. The van der Waals surface area contributed by atoms with Gasteiger partial charge in [0.2, 0.25) is 5.91 Å². The number of hydrogen-bond acceptors (Lipinski definition) is 4. The molecule has 2 aliphatic carbocycles. The van der Waals surface area contributed by atoms with E-state index in [-0.39, 0.29) is 5.91 Å². The number of imidazole rings is 1. The van der Waals surface area contributed by atoms with Gasteiger partial charge in [0.1, 0.15) is 17.3 Å². The summed E-state index contributed by atoms with van der Waals surface area (Å²) in [6.45, 7) is 0. The molecule has 1 amide bonds. The smallest absolute Gasteiger partial charge is 0.416 e. The number of nitrogens with zero attached hydrogens (tertiary/aromatic N) is 2. The third kappa shape index (κ3) is 4.22. The number of halogens is 3. The number of rotatable bonds is 2. The second-order valence-corrected chi connectivity index (χ2v) is 9.09. The van der Waals surface area contributed by atoms with Gasteiger partial charge < -0.3 is 15.0 Å². The predicted molar refractivity (Wildman–Crippen MR) is 123 cm³/mol. The van der Waals surface area contributed by atoms with E-state index in [0.717, 1.165) is 41.0 Å². The Balaban J connectivity index is 0.000000151. The fourth-order valence-corrected chi connectivity index (χ4v) is 4.90. The minimum Gasteiger partial charge on any atom is -0.457 e. The summed E-state index contributed by atoms with van der Waals surface area (Å²) in [5.41, 5.74) is 4.22. The first-order chi connectivity index (χ1) is 16.8. The average Bonchev–Trinajstić information content (AvgIpc) is 3.28. The number of pyridine rings is 1. The van der Waals surface area contributed by atoms with Gasteiger partial charge in [-0.1, -0.05) is 6.07 Å². The van der Waals surface area contributed by atoms with Crippen molar-refractivity contribution in [2.24, 2.45) is 5.92 Å². The Morgan fingerprint density at radius 2 is 1.91 bits per heavy atom. The average molecular weight is 478 g/mol. The molecule has 0 bridgehead atoms. The molecule has 2 aromatic heterocycles. The number of benzene rings is 2. The quantitative estimate of drug-likeness (QED) is 0.370. The number of amides is 1. The summed E-state index contributed by atoms with van der Waals surface area (Å²) in [7, 11) is 0. The molecule has 178 valence electrons. The molecule has 2 aromatic carbocycles. The van der Waals surface area contributed by atoms with Crippen LogP contribution < -0.4 is 10.1 Å². The van der Waals surface area contributed by atoms with Crippen molar-refractivity contribution in [1.29, 1.82) is 0 Å². The van der Waals surface area contributed by atoms with Crippen LogP contribution in [0.1, 0.15) is 41.0 Å². The number of anilines is 1. The van der Waals surface area contributed by atoms with Crippen molar-refractivity contribution < 1.29 is 22.7 Å². The second kappa shape index (κ2) is 8.11. The number of fused-ring (bicyclic) bond motifs is 5. The number of aromatic nitrogens is 3. The van der Waals surface area contributed by atoms with Crippen LogP contribution in [0.3, 0.4) is 0 Å². The van der Waals surface area contributed by atoms with Crippen molar-refractivity contribution in [2.75, 3.05) is 5.32 Å². The molecule has 1 fully saturated rings. The Hall–Kier alpha value is -3.88. The minimum atomic E-state index is -4.29. The van der Waals surface area contributed by atoms with E-state index in [2.05, 4.69) is 38.5 Å². The Bertz CT molecular complexity index is 1450. The van der Waals surface area contributed by atoms with Gasteiger partial charge in [-0.2, -0.15) is 13.2 Å². The fourth-order valence-electron chi connectivity index (χ4n) is 4.90. The molecule has 2 unspecified atom stereocenters. The van der Waals surface area contributed by atoms with Crippen molar-refractivity contribution in [3.8, 4) is 11.5 Å². The Morgan fingerprint density at radius 3 is 2.77 bits per heavy atom. The molecule has 6 nitrogen and oxygen atoms in total. The highest BCUT2D eigenvalue weighted by Gasteiger charge is 2.45. The maximum atomic E-state index is 12.2. The fraction of sp³-hybridized carbons (Fsp3) is 0.269. The van der Waals surface area contributed by atoms with E-state index < -0.39 is 11.7 Å². The van der Waals surface area contributed by atoms with Gasteiger partial charge in [-0.3, -0.25) is 4.79 Å². The molecule has 7 rings (SSSR count). The van der Waals surface area contributed by atoms with E-state index in [1.54, 1.807) is 6.20 Å². The van der Waals surface area contributed by atoms with Gasteiger partial charge in [-0.05, 0) is 78.6 Å². The number of hydrogen-bond donors (Lipinski definition) is 2. The lowest BCUT2D eigenvalue weighted by molar-refractivity contribution is -0.137. The zero-order valence-electron chi connectivity index (χ0n) is 18.5. The molecular weight excluding hydrogens is 457 g/mol. The zero-order valence-corrected chi connectivity index (χ0v) is 18.5. The maximum Gasteiger partial charge on any atom is 0.416 e. The van der Waals surface area contributed by atoms with Crippen molar-refractivity contribution in [3.05, 3.63) is 77.2 Å². The highest BCUT2D eigenvalue weighted by molar-refractivity contribution is 5.93. The molecule has 1 saturated carbocycles. The van der Waals surface area contributed by atoms with Crippen LogP contribution >= 0.6 is 0 Å². The minimum absolute atomic E-state index is 0.0226. The monoisotopic (exact) mass is 478 g/mol. The van der Waals surface area contributed by atoms with E-state index in [0.29, 0.717) is 29.7 Å². The van der Waals surface area contributed by atoms with E-state index in [1.807, 2.05) is 6.07 Å². The number of alkyl halides is 3. The van der Waals surface area contributed by atoms with Gasteiger partial charge in [0.15, 0.2) is 0 Å². The summed E-state index contributed by atoms with van der Waals surface area (Å²) in [6, 6.07) is 11.7. The summed E-state index contributed by atoms with van der Waals surface area (Å²) in [6.07, 6.45) is 2.50. The molecular formula is C26H21F3N4O2. The maximum absolute atomic E-state index is 12.2. The second-order valence-electron chi connectivity index (χ2n) is 9.09. The lowest BCUT2D eigenvalue weighted by atomic mass is 10.0. The molecule has 2 atom stereocenters. The summed E-state index contributed by atoms with van der Waals surface area (Å²) >= 11 is 0. The van der Waals surface area contributed by atoms with Gasteiger partial charge in [0.05, 0.1) is 22.9 Å². The van der Waals surface area contributed by atoms with Gasteiger partial charge in [0.25, 0.3) is 0 Å². The third-order valence-corrected chi connectivity index (χ3v) is 6.77. The van der Waals surface area contributed by atoms with Crippen LogP contribution in [0.15, 0.2) is 55.0 Å². The highest BCUT2D eigenvalue weighted by Crippen LogP contribution is 2.56.